The molecule has 2 aliphatic rings. The van der Waals surface area contributed by atoms with Crippen LogP contribution in [0.5, 0.6) is 0 Å². The van der Waals surface area contributed by atoms with Crippen LogP contribution in [0.2, 0.25) is 0 Å². The molecule has 2 aliphatic heterocycles. The Morgan fingerprint density at radius 3 is 2.65 bits per heavy atom. The zero-order chi connectivity index (χ0) is 21.9. The summed E-state index contributed by atoms with van der Waals surface area (Å²) in [6.07, 6.45) is 2.73. The van der Waals surface area contributed by atoms with Crippen LogP contribution in [0.1, 0.15) is 40.0 Å². The molecule has 8 nitrogen and oxygen atoms in total. The van der Waals surface area contributed by atoms with Crippen molar-refractivity contribution in [1.82, 2.24) is 14.0 Å². The number of rotatable bonds is 4. The Morgan fingerprint density at radius 2 is 1.90 bits per heavy atom. The topological polar surface area (TPSA) is 105 Å². The Morgan fingerprint density at radius 1 is 1.10 bits per heavy atom. The number of carboxylic acid groups (broad SMARTS) is 2. The number of likely N-dealkylation sites (tertiary alicyclic amines) is 1. The van der Waals surface area contributed by atoms with Gasteiger partial charge in [-0.2, -0.15) is 0 Å². The van der Waals surface area contributed by atoms with Gasteiger partial charge in [0, 0.05) is 67.0 Å². The second-order valence-electron chi connectivity index (χ2n) is 8.63. The first-order valence-electron chi connectivity index (χ1n) is 10.3. The number of carbonyl (C=O) groups is 2. The smallest absolute Gasteiger partial charge is 0.335 e. The number of carboxylic acids is 2. The molecule has 0 radical (unpaired) electrons. The molecule has 31 heavy (non-hydrogen) atoms. The summed E-state index contributed by atoms with van der Waals surface area (Å²) in [5.74, 6) is -1.72. The molecule has 4 heterocycles. The van der Waals surface area contributed by atoms with Crippen LogP contribution in [0.4, 0.5) is 0 Å². The van der Waals surface area contributed by atoms with Crippen LogP contribution in [-0.2, 0) is 18.4 Å². The van der Waals surface area contributed by atoms with Gasteiger partial charge in [-0.25, -0.2) is 4.79 Å². The third kappa shape index (κ3) is 3.14. The largest absolute Gasteiger partial charge is 0.480 e. The van der Waals surface area contributed by atoms with Crippen LogP contribution < -0.4 is 5.56 Å². The van der Waals surface area contributed by atoms with Crippen molar-refractivity contribution < 1.29 is 19.8 Å². The summed E-state index contributed by atoms with van der Waals surface area (Å²) >= 11 is 0. The average Bonchev–Trinajstić information content (AvgIpc) is 3.04. The van der Waals surface area contributed by atoms with Crippen LogP contribution >= 0.6 is 0 Å². The van der Waals surface area contributed by atoms with E-state index in [4.69, 9.17) is 0 Å². The monoisotopic (exact) mass is 421 g/mol. The second-order valence-corrected chi connectivity index (χ2v) is 8.63. The molecule has 2 bridgehead atoms. The van der Waals surface area contributed by atoms with Gasteiger partial charge in [-0.1, -0.05) is 6.07 Å². The van der Waals surface area contributed by atoms with Gasteiger partial charge in [-0.3, -0.25) is 14.5 Å². The van der Waals surface area contributed by atoms with E-state index in [9.17, 15) is 24.6 Å². The summed E-state index contributed by atoms with van der Waals surface area (Å²) in [6, 6.07) is 9.21. The number of aryl methyl sites for hydroxylation is 1. The number of aromatic nitrogens is 2. The predicted molar refractivity (Wildman–Crippen MR) is 113 cm³/mol. The van der Waals surface area contributed by atoms with Gasteiger partial charge in [0.05, 0.1) is 5.56 Å². The molecule has 0 aliphatic carbocycles. The molecule has 1 aromatic carbocycles. The zero-order valence-electron chi connectivity index (χ0n) is 17.1. The van der Waals surface area contributed by atoms with Crippen molar-refractivity contribution in [3.05, 3.63) is 69.8 Å². The highest BCUT2D eigenvalue weighted by atomic mass is 16.4. The first-order chi connectivity index (χ1) is 14.8. The van der Waals surface area contributed by atoms with Crippen LogP contribution in [0.25, 0.3) is 10.9 Å². The Kier molecular flexibility index (Phi) is 4.48. The molecular weight excluding hydrogens is 398 g/mol. The summed E-state index contributed by atoms with van der Waals surface area (Å²) in [5.41, 5.74) is 2.47. The average molecular weight is 421 g/mol. The van der Waals surface area contributed by atoms with Crippen molar-refractivity contribution in [2.75, 3.05) is 13.1 Å². The van der Waals surface area contributed by atoms with Crippen molar-refractivity contribution in [1.29, 1.82) is 0 Å². The fourth-order valence-electron chi connectivity index (χ4n) is 5.40. The lowest BCUT2D eigenvalue weighted by Gasteiger charge is -2.44. The van der Waals surface area contributed by atoms with Crippen LogP contribution in [0.15, 0.2) is 47.4 Å². The maximum Gasteiger partial charge on any atom is 0.335 e. The SMILES string of the molecule is Cn1cc([C@@H](C(=O)O)N2C[C@H]3C[C@H](C2)c2cccc(=O)n2C3)c2cc(C(=O)O)ccc21. The van der Waals surface area contributed by atoms with Gasteiger partial charge < -0.3 is 19.3 Å². The number of aliphatic carboxylic acids is 1. The Hall–Kier alpha value is -3.39. The minimum atomic E-state index is -1.04. The Balaban J connectivity index is 1.58. The van der Waals surface area contributed by atoms with E-state index in [1.165, 1.54) is 6.07 Å². The number of benzene rings is 1. The van der Waals surface area contributed by atoms with E-state index < -0.39 is 18.0 Å². The highest BCUT2D eigenvalue weighted by Crippen LogP contribution is 2.40. The standard InChI is InChI=1S/C23H23N3O5/c1-24-12-17(16-8-14(22(28)29)5-6-19(16)24)21(23(30)31)25-9-13-7-15(11-25)18-3-2-4-20(27)26(18)10-13/h2-6,8,12-13,15,21H,7,9-11H2,1H3,(H,28,29)(H,30,31)/t13-,15-,21+/m1/s1. The summed E-state index contributed by atoms with van der Waals surface area (Å²) < 4.78 is 3.66. The van der Waals surface area contributed by atoms with Crippen LogP contribution in [0, 0.1) is 5.92 Å². The first-order valence-corrected chi connectivity index (χ1v) is 10.3. The molecule has 8 heteroatoms. The second kappa shape index (κ2) is 7.09. The van der Waals surface area contributed by atoms with Gasteiger partial charge in [-0.05, 0) is 36.6 Å². The summed E-state index contributed by atoms with van der Waals surface area (Å²) in [4.78, 5) is 38.2. The molecule has 2 aromatic heterocycles. The number of aromatic carboxylic acids is 1. The van der Waals surface area contributed by atoms with Gasteiger partial charge in [-0.15, -0.1) is 0 Å². The molecule has 1 saturated heterocycles. The minimum absolute atomic E-state index is 0.00862. The van der Waals surface area contributed by atoms with Gasteiger partial charge in [0.2, 0.25) is 0 Å². The fraction of sp³-hybridized carbons (Fsp3) is 0.348. The molecule has 160 valence electrons. The molecule has 3 aromatic rings. The molecular formula is C23H23N3O5. The summed E-state index contributed by atoms with van der Waals surface area (Å²) in [5, 5.41) is 20.2. The van der Waals surface area contributed by atoms with E-state index in [0.717, 1.165) is 17.6 Å². The number of fused-ring (bicyclic) bond motifs is 5. The normalized spacial score (nSPS) is 21.6. The molecule has 0 unspecified atom stereocenters. The van der Waals surface area contributed by atoms with E-state index in [2.05, 4.69) is 0 Å². The van der Waals surface area contributed by atoms with Crippen molar-refractivity contribution in [2.24, 2.45) is 13.0 Å². The molecule has 5 rings (SSSR count). The fourth-order valence-corrected chi connectivity index (χ4v) is 5.40. The van der Waals surface area contributed by atoms with Crippen LogP contribution in [0.3, 0.4) is 0 Å². The number of hydrogen-bond acceptors (Lipinski definition) is 4. The van der Waals surface area contributed by atoms with E-state index >= 15 is 0 Å². The number of piperidine rings is 1. The molecule has 1 fully saturated rings. The first kappa shape index (κ1) is 19.6. The van der Waals surface area contributed by atoms with Gasteiger partial charge in [0.25, 0.3) is 5.56 Å². The van der Waals surface area contributed by atoms with E-state index in [1.807, 2.05) is 27.1 Å². The molecule has 3 atom stereocenters. The lowest BCUT2D eigenvalue weighted by molar-refractivity contribution is -0.144. The van der Waals surface area contributed by atoms with E-state index in [1.54, 1.807) is 30.5 Å². The zero-order valence-corrected chi connectivity index (χ0v) is 17.1. The molecule has 2 N–H and O–H groups in total. The lowest BCUT2D eigenvalue weighted by atomic mass is 9.82. The quantitative estimate of drug-likeness (QED) is 0.670. The number of pyridine rings is 1. The van der Waals surface area contributed by atoms with Crippen molar-refractivity contribution >= 4 is 22.8 Å². The third-order valence-corrected chi connectivity index (χ3v) is 6.67. The Bertz CT molecular complexity index is 1270. The van der Waals surface area contributed by atoms with Gasteiger partial charge in [0.1, 0.15) is 6.04 Å². The number of nitrogens with zero attached hydrogens (tertiary/aromatic N) is 3. The molecule has 0 spiro atoms. The highest BCUT2D eigenvalue weighted by Gasteiger charge is 2.40. The van der Waals surface area contributed by atoms with Crippen molar-refractivity contribution in [2.45, 2.75) is 24.9 Å². The maximum absolute atomic E-state index is 12.5. The van der Waals surface area contributed by atoms with Crippen LogP contribution in [-0.4, -0.2) is 49.3 Å². The maximum atomic E-state index is 12.5. The van der Waals surface area contributed by atoms with E-state index in [-0.39, 0.29) is 23.0 Å². The van der Waals surface area contributed by atoms with Gasteiger partial charge >= 0.3 is 11.9 Å². The van der Waals surface area contributed by atoms with Crippen molar-refractivity contribution in [3.63, 3.8) is 0 Å². The Labute approximate surface area is 177 Å². The third-order valence-electron chi connectivity index (χ3n) is 6.67. The highest BCUT2D eigenvalue weighted by molar-refractivity contribution is 5.96. The number of hydrogen-bond donors (Lipinski definition) is 2. The molecule has 0 amide bonds. The van der Waals surface area contributed by atoms with E-state index in [0.29, 0.717) is 30.6 Å². The van der Waals surface area contributed by atoms with Gasteiger partial charge in [0.15, 0.2) is 0 Å². The minimum Gasteiger partial charge on any atom is -0.480 e. The predicted octanol–water partition coefficient (Wildman–Crippen LogP) is 2.28. The van der Waals surface area contributed by atoms with Crippen molar-refractivity contribution in [3.8, 4) is 0 Å². The summed E-state index contributed by atoms with van der Waals surface area (Å²) in [7, 11) is 1.83. The lowest BCUT2D eigenvalue weighted by Crippen LogP contribution is -2.49. The summed E-state index contributed by atoms with van der Waals surface area (Å²) in [6.45, 7) is 1.70. The molecule has 0 saturated carbocycles.